The Kier molecular flexibility index (Phi) is 4.55. The number of carbonyl (C=O) groups excluding carboxylic acids is 2. The van der Waals surface area contributed by atoms with Gasteiger partial charge in [-0.3, -0.25) is 9.59 Å². The summed E-state index contributed by atoms with van der Waals surface area (Å²) in [6.07, 6.45) is 5.11. The smallest absolute Gasteiger partial charge is 0.227 e. The molecule has 0 spiro atoms. The largest absolute Gasteiger partial charge is 0.370 e. The van der Waals surface area contributed by atoms with Crippen LogP contribution in [0.15, 0.2) is 24.3 Å². The van der Waals surface area contributed by atoms with E-state index in [4.69, 9.17) is 5.73 Å². The van der Waals surface area contributed by atoms with Crippen LogP contribution in [0, 0.1) is 5.92 Å². The van der Waals surface area contributed by atoms with E-state index in [2.05, 4.69) is 5.32 Å². The first-order valence-electron chi connectivity index (χ1n) is 6.84. The highest BCUT2D eigenvalue weighted by Crippen LogP contribution is 2.27. The molecular formula is C15H20N2O2. The number of aryl methyl sites for hydroxylation is 1. The number of anilines is 1. The highest BCUT2D eigenvalue weighted by Gasteiger charge is 2.23. The molecule has 2 amide bonds. The van der Waals surface area contributed by atoms with E-state index in [1.165, 1.54) is 0 Å². The van der Waals surface area contributed by atoms with Gasteiger partial charge in [0.15, 0.2) is 0 Å². The Morgan fingerprint density at radius 1 is 1.21 bits per heavy atom. The van der Waals surface area contributed by atoms with Crippen LogP contribution in [0.5, 0.6) is 0 Å². The topological polar surface area (TPSA) is 72.2 Å². The van der Waals surface area contributed by atoms with Gasteiger partial charge >= 0.3 is 0 Å². The maximum atomic E-state index is 12.1. The molecule has 0 unspecified atom stereocenters. The van der Waals surface area contributed by atoms with Gasteiger partial charge in [0.1, 0.15) is 0 Å². The van der Waals surface area contributed by atoms with Gasteiger partial charge in [0.25, 0.3) is 0 Å². The molecule has 1 aromatic carbocycles. The van der Waals surface area contributed by atoms with E-state index in [1.807, 2.05) is 24.3 Å². The number of amides is 2. The Bertz CT molecular complexity index is 465. The average molecular weight is 260 g/mol. The molecule has 1 saturated carbocycles. The molecule has 102 valence electrons. The lowest BCUT2D eigenvalue weighted by Crippen LogP contribution is -2.21. The normalized spacial score (nSPS) is 15.4. The van der Waals surface area contributed by atoms with Crippen LogP contribution in [0.4, 0.5) is 5.69 Å². The number of nitrogens with two attached hydrogens (primary N) is 1. The summed E-state index contributed by atoms with van der Waals surface area (Å²) in [5, 5.41) is 2.99. The van der Waals surface area contributed by atoms with Crippen molar-refractivity contribution in [3.8, 4) is 0 Å². The predicted molar refractivity (Wildman–Crippen MR) is 74.5 cm³/mol. The number of hydrogen-bond donors (Lipinski definition) is 2. The van der Waals surface area contributed by atoms with Gasteiger partial charge in [0, 0.05) is 18.0 Å². The van der Waals surface area contributed by atoms with Gasteiger partial charge in [-0.15, -0.1) is 0 Å². The Morgan fingerprint density at radius 3 is 2.58 bits per heavy atom. The number of primary amides is 1. The molecule has 0 atom stereocenters. The number of para-hydroxylation sites is 1. The molecule has 0 heterocycles. The summed E-state index contributed by atoms with van der Waals surface area (Å²) >= 11 is 0. The summed E-state index contributed by atoms with van der Waals surface area (Å²) < 4.78 is 0. The third-order valence-electron chi connectivity index (χ3n) is 3.64. The van der Waals surface area contributed by atoms with Gasteiger partial charge in [-0.05, 0) is 30.9 Å². The second kappa shape index (κ2) is 6.36. The lowest BCUT2D eigenvalue weighted by molar-refractivity contribution is -0.119. The maximum absolute atomic E-state index is 12.1. The van der Waals surface area contributed by atoms with Gasteiger partial charge < -0.3 is 11.1 Å². The summed E-state index contributed by atoms with van der Waals surface area (Å²) in [6.45, 7) is 0. The SMILES string of the molecule is NC(=O)CCc1ccccc1NC(=O)C1CCCC1. The molecule has 19 heavy (non-hydrogen) atoms. The van der Waals surface area contributed by atoms with Crippen LogP contribution < -0.4 is 11.1 Å². The molecule has 1 aliphatic rings. The second-order valence-electron chi connectivity index (χ2n) is 5.09. The summed E-state index contributed by atoms with van der Waals surface area (Å²) in [5.74, 6) is -0.0786. The minimum absolute atomic E-state index is 0.101. The minimum atomic E-state index is -0.322. The molecule has 0 aromatic heterocycles. The van der Waals surface area contributed by atoms with E-state index in [-0.39, 0.29) is 17.7 Å². The molecule has 0 aliphatic heterocycles. The first-order valence-corrected chi connectivity index (χ1v) is 6.84. The van der Waals surface area contributed by atoms with Crippen LogP contribution in [0.1, 0.15) is 37.7 Å². The monoisotopic (exact) mass is 260 g/mol. The average Bonchev–Trinajstić information content (AvgIpc) is 2.91. The van der Waals surface area contributed by atoms with E-state index in [9.17, 15) is 9.59 Å². The molecule has 4 nitrogen and oxygen atoms in total. The van der Waals surface area contributed by atoms with E-state index in [1.54, 1.807) is 0 Å². The Balaban J connectivity index is 2.02. The molecule has 0 radical (unpaired) electrons. The zero-order valence-electron chi connectivity index (χ0n) is 11.0. The van der Waals surface area contributed by atoms with Crippen molar-refractivity contribution >= 4 is 17.5 Å². The number of nitrogens with one attached hydrogen (secondary N) is 1. The number of benzene rings is 1. The van der Waals surface area contributed by atoms with Crippen molar-refractivity contribution in [1.29, 1.82) is 0 Å². The van der Waals surface area contributed by atoms with Crippen molar-refractivity contribution < 1.29 is 9.59 Å². The summed E-state index contributed by atoms with van der Waals surface area (Å²) in [7, 11) is 0. The fourth-order valence-electron chi connectivity index (χ4n) is 2.54. The standard InChI is InChI=1S/C15H20N2O2/c16-14(18)10-9-11-5-3-4-8-13(11)17-15(19)12-6-1-2-7-12/h3-5,8,12H,1-2,6-7,9-10H2,(H2,16,18)(H,17,19). The Labute approximate surface area is 113 Å². The lowest BCUT2D eigenvalue weighted by Gasteiger charge is -2.13. The summed E-state index contributed by atoms with van der Waals surface area (Å²) in [5.41, 5.74) is 6.94. The molecule has 1 aromatic rings. The Morgan fingerprint density at radius 2 is 1.89 bits per heavy atom. The first kappa shape index (κ1) is 13.6. The lowest BCUT2D eigenvalue weighted by atomic mass is 10.0. The molecule has 2 rings (SSSR count). The van der Waals surface area contributed by atoms with Crippen LogP contribution >= 0.6 is 0 Å². The summed E-state index contributed by atoms with van der Waals surface area (Å²) in [6, 6.07) is 7.59. The van der Waals surface area contributed by atoms with Crippen molar-refractivity contribution in [3.63, 3.8) is 0 Å². The fraction of sp³-hybridized carbons (Fsp3) is 0.467. The quantitative estimate of drug-likeness (QED) is 0.852. The zero-order chi connectivity index (χ0) is 13.7. The van der Waals surface area contributed by atoms with E-state index < -0.39 is 0 Å². The predicted octanol–water partition coefficient (Wildman–Crippen LogP) is 2.23. The van der Waals surface area contributed by atoms with Gasteiger partial charge in [0.05, 0.1) is 0 Å². The second-order valence-corrected chi connectivity index (χ2v) is 5.09. The van der Waals surface area contributed by atoms with E-state index >= 15 is 0 Å². The molecule has 1 fully saturated rings. The summed E-state index contributed by atoms with van der Waals surface area (Å²) in [4.78, 5) is 23.0. The van der Waals surface area contributed by atoms with Gasteiger partial charge in [-0.2, -0.15) is 0 Å². The number of rotatable bonds is 5. The first-order chi connectivity index (χ1) is 9.16. The van der Waals surface area contributed by atoms with Crippen molar-refractivity contribution in [1.82, 2.24) is 0 Å². The van der Waals surface area contributed by atoms with E-state index in [0.29, 0.717) is 12.8 Å². The molecule has 0 saturated heterocycles. The van der Waals surface area contributed by atoms with Gasteiger partial charge in [0.2, 0.25) is 11.8 Å². The zero-order valence-corrected chi connectivity index (χ0v) is 11.0. The van der Waals surface area contributed by atoms with Crippen molar-refractivity contribution in [3.05, 3.63) is 29.8 Å². The van der Waals surface area contributed by atoms with Crippen molar-refractivity contribution in [2.45, 2.75) is 38.5 Å². The van der Waals surface area contributed by atoms with Crippen molar-refractivity contribution in [2.75, 3.05) is 5.32 Å². The highest BCUT2D eigenvalue weighted by molar-refractivity contribution is 5.93. The highest BCUT2D eigenvalue weighted by atomic mass is 16.2. The van der Waals surface area contributed by atoms with Crippen LogP contribution in [0.3, 0.4) is 0 Å². The number of carbonyl (C=O) groups is 2. The van der Waals surface area contributed by atoms with Gasteiger partial charge in [-0.1, -0.05) is 31.0 Å². The van der Waals surface area contributed by atoms with Crippen LogP contribution in [-0.4, -0.2) is 11.8 Å². The van der Waals surface area contributed by atoms with Crippen LogP contribution in [0.2, 0.25) is 0 Å². The third kappa shape index (κ3) is 3.81. The van der Waals surface area contributed by atoms with E-state index in [0.717, 1.165) is 36.9 Å². The minimum Gasteiger partial charge on any atom is -0.370 e. The third-order valence-corrected chi connectivity index (χ3v) is 3.64. The van der Waals surface area contributed by atoms with Crippen LogP contribution in [-0.2, 0) is 16.0 Å². The molecule has 1 aliphatic carbocycles. The van der Waals surface area contributed by atoms with Crippen LogP contribution in [0.25, 0.3) is 0 Å². The molecule has 4 heteroatoms. The van der Waals surface area contributed by atoms with Crippen molar-refractivity contribution in [2.24, 2.45) is 11.7 Å². The van der Waals surface area contributed by atoms with Gasteiger partial charge in [-0.25, -0.2) is 0 Å². The Hall–Kier alpha value is -1.84. The maximum Gasteiger partial charge on any atom is 0.227 e. The number of hydrogen-bond acceptors (Lipinski definition) is 2. The fourth-order valence-corrected chi connectivity index (χ4v) is 2.54. The molecule has 0 bridgehead atoms. The molecule has 3 N–H and O–H groups in total. The molecular weight excluding hydrogens is 240 g/mol.